The van der Waals surface area contributed by atoms with Gasteiger partial charge in [0.05, 0.1) is 32.0 Å². The number of hydrogen-bond acceptors (Lipinski definition) is 7. The van der Waals surface area contributed by atoms with Crippen LogP contribution in [0.15, 0.2) is 83.4 Å². The topological polar surface area (TPSA) is 85.3 Å². The van der Waals surface area contributed by atoms with Gasteiger partial charge in [-0.1, -0.05) is 76.6 Å². The lowest BCUT2D eigenvalue weighted by Gasteiger charge is -2.38. The predicted molar refractivity (Wildman–Crippen MR) is 170 cm³/mol. The molecule has 0 unspecified atom stereocenters. The largest absolute Gasteiger partial charge is 0.457 e. The van der Waals surface area contributed by atoms with Crippen molar-refractivity contribution in [2.24, 2.45) is 5.92 Å². The number of ketones is 1. The second-order valence-corrected chi connectivity index (χ2v) is 12.2. The summed E-state index contributed by atoms with van der Waals surface area (Å²) in [5, 5.41) is 13.5. The summed E-state index contributed by atoms with van der Waals surface area (Å²) in [5.41, 5.74) is 1.65. The zero-order valence-electron chi connectivity index (χ0n) is 24.4. The number of benzene rings is 3. The van der Waals surface area contributed by atoms with Crippen LogP contribution in [0.1, 0.15) is 48.0 Å². The molecule has 8 heteroatoms. The first-order chi connectivity index (χ1) is 21.0. The molecule has 1 N–H and O–H groups in total. The van der Waals surface area contributed by atoms with E-state index in [0.29, 0.717) is 38.2 Å². The molecule has 0 spiro atoms. The quantitative estimate of drug-likeness (QED) is 0.136. The molecule has 0 aromatic heterocycles. The van der Waals surface area contributed by atoms with Crippen LogP contribution in [-0.4, -0.2) is 72.9 Å². The lowest BCUT2D eigenvalue weighted by atomic mass is 9.93. The Labute approximate surface area is 261 Å². The van der Waals surface area contributed by atoms with Gasteiger partial charge in [0.25, 0.3) is 0 Å². The first kappa shape index (κ1) is 31.5. The van der Waals surface area contributed by atoms with Crippen molar-refractivity contribution in [1.82, 2.24) is 4.90 Å². The maximum absolute atomic E-state index is 12.2. The van der Waals surface area contributed by atoms with Gasteiger partial charge < -0.3 is 19.3 Å². The van der Waals surface area contributed by atoms with Gasteiger partial charge in [-0.3, -0.25) is 14.5 Å². The van der Waals surface area contributed by atoms with Crippen LogP contribution < -0.4 is 0 Å². The summed E-state index contributed by atoms with van der Waals surface area (Å²) < 4.78 is 18.1. The molecule has 2 aliphatic rings. The Kier molecular flexibility index (Phi) is 11.5. The Hall–Kier alpha value is -2.88. The second-order valence-electron chi connectivity index (χ2n) is 11.3. The van der Waals surface area contributed by atoms with Crippen molar-refractivity contribution >= 4 is 38.5 Å². The molecule has 2 fully saturated rings. The van der Waals surface area contributed by atoms with Crippen LogP contribution in [0.25, 0.3) is 10.8 Å². The zero-order valence-corrected chi connectivity index (χ0v) is 26.0. The van der Waals surface area contributed by atoms with Crippen molar-refractivity contribution in [2.75, 3.05) is 32.9 Å². The lowest BCUT2D eigenvalue weighted by molar-refractivity contribution is -0.142. The maximum Gasteiger partial charge on any atom is 0.306 e. The van der Waals surface area contributed by atoms with Crippen molar-refractivity contribution in [1.29, 1.82) is 0 Å². The number of carbonyl (C=O) groups excluding carboxylic acids is 2. The van der Waals surface area contributed by atoms with E-state index < -0.39 is 6.10 Å². The number of esters is 1. The monoisotopic (exact) mass is 649 g/mol. The smallest absolute Gasteiger partial charge is 0.306 e. The fourth-order valence-corrected chi connectivity index (χ4v) is 6.45. The second kappa shape index (κ2) is 15.7. The number of morpholine rings is 1. The molecular formula is C35H40BrNO6. The van der Waals surface area contributed by atoms with E-state index in [2.05, 4.69) is 57.2 Å². The van der Waals surface area contributed by atoms with E-state index in [1.807, 2.05) is 18.2 Å². The highest BCUT2D eigenvalue weighted by molar-refractivity contribution is 9.10. The summed E-state index contributed by atoms with van der Waals surface area (Å²) in [6.07, 6.45) is 6.71. The van der Waals surface area contributed by atoms with Crippen LogP contribution in [0.4, 0.5) is 0 Å². The number of Topliss-reactive ketones (excluding diaryl/α,β-unsaturated/α-hetero) is 1. The number of aliphatic hydroxyl groups excluding tert-OH is 1. The number of ether oxygens (including phenoxy) is 3. The van der Waals surface area contributed by atoms with Crippen LogP contribution >= 0.6 is 15.9 Å². The van der Waals surface area contributed by atoms with Crippen molar-refractivity contribution in [2.45, 2.75) is 57.0 Å². The molecular weight excluding hydrogens is 610 g/mol. The number of aliphatic hydroxyl groups is 1. The molecule has 0 amide bonds. The summed E-state index contributed by atoms with van der Waals surface area (Å²) in [4.78, 5) is 26.8. The van der Waals surface area contributed by atoms with Gasteiger partial charge in [-0.25, -0.2) is 0 Å². The molecule has 1 saturated heterocycles. The van der Waals surface area contributed by atoms with Gasteiger partial charge >= 0.3 is 5.97 Å². The van der Waals surface area contributed by atoms with Gasteiger partial charge in [-0.15, -0.1) is 0 Å². The Morgan fingerprint density at radius 3 is 2.51 bits per heavy atom. The minimum absolute atomic E-state index is 0.0390. The molecule has 1 heterocycles. The molecule has 5 rings (SSSR count). The first-order valence-electron chi connectivity index (χ1n) is 15.2. The number of rotatable bonds is 13. The average Bonchev–Trinajstić information content (AvgIpc) is 3.35. The Morgan fingerprint density at radius 2 is 1.72 bits per heavy atom. The molecule has 3 aromatic rings. The number of halogens is 1. The van der Waals surface area contributed by atoms with Crippen LogP contribution in [-0.2, 0) is 25.6 Å². The highest BCUT2D eigenvalue weighted by Gasteiger charge is 2.45. The van der Waals surface area contributed by atoms with Gasteiger partial charge in [0.1, 0.15) is 0 Å². The Balaban J connectivity index is 1.11. The van der Waals surface area contributed by atoms with Crippen LogP contribution in [0.5, 0.6) is 0 Å². The third kappa shape index (κ3) is 8.83. The molecule has 0 radical (unpaired) electrons. The van der Waals surface area contributed by atoms with E-state index in [4.69, 9.17) is 14.2 Å². The van der Waals surface area contributed by atoms with E-state index in [-0.39, 0.29) is 42.8 Å². The number of nitrogens with zero attached hydrogens (tertiary/aromatic N) is 1. The van der Waals surface area contributed by atoms with Crippen molar-refractivity contribution in [3.05, 3.63) is 94.5 Å². The normalized spacial score (nSPS) is 22.7. The fraction of sp³-hybridized carbons (Fsp3) is 0.429. The molecule has 1 saturated carbocycles. The standard InChI is InChI=1S/C35H40BrNO6/c36-29-15-13-27(14-16-29)32(39)24-43-34(40)10-4-2-1-3-9-30-33(22-31(38)35(30)37-17-19-41-20-18-37)42-23-25-11-12-26-7-5-6-8-28(26)21-25/h1-2,5-8,11-16,21,30-31,33,35,38H,3-4,9-10,17-20,22-24H2/t30-,31+,33-,35+/m0/s1. The minimum Gasteiger partial charge on any atom is -0.457 e. The highest BCUT2D eigenvalue weighted by atomic mass is 79.9. The molecule has 1 aliphatic heterocycles. The molecule has 1 aliphatic carbocycles. The summed E-state index contributed by atoms with van der Waals surface area (Å²) >= 11 is 3.34. The van der Waals surface area contributed by atoms with Crippen LogP contribution in [0.3, 0.4) is 0 Å². The first-order valence-corrected chi connectivity index (χ1v) is 16.0. The van der Waals surface area contributed by atoms with Gasteiger partial charge in [-0.05, 0) is 53.8 Å². The predicted octanol–water partition coefficient (Wildman–Crippen LogP) is 6.11. The maximum atomic E-state index is 12.2. The summed E-state index contributed by atoms with van der Waals surface area (Å²) in [7, 11) is 0. The fourth-order valence-electron chi connectivity index (χ4n) is 6.19. The van der Waals surface area contributed by atoms with Gasteiger partial charge in [0, 0.05) is 47.9 Å². The Morgan fingerprint density at radius 1 is 0.977 bits per heavy atom. The molecule has 3 aromatic carbocycles. The van der Waals surface area contributed by atoms with Gasteiger partial charge in [-0.2, -0.15) is 0 Å². The molecule has 0 bridgehead atoms. The zero-order chi connectivity index (χ0) is 30.0. The summed E-state index contributed by atoms with van der Waals surface area (Å²) in [5.74, 6) is -0.418. The highest BCUT2D eigenvalue weighted by Crippen LogP contribution is 2.37. The van der Waals surface area contributed by atoms with Gasteiger partial charge in [0.2, 0.25) is 0 Å². The van der Waals surface area contributed by atoms with Crippen LogP contribution in [0.2, 0.25) is 0 Å². The number of allylic oxidation sites excluding steroid dienone is 2. The molecule has 4 atom stereocenters. The third-order valence-corrected chi connectivity index (χ3v) is 8.94. The summed E-state index contributed by atoms with van der Waals surface area (Å²) in [6, 6.07) is 21.8. The van der Waals surface area contributed by atoms with E-state index in [1.54, 1.807) is 24.3 Å². The lowest BCUT2D eigenvalue weighted by Crippen LogP contribution is -2.50. The van der Waals surface area contributed by atoms with Crippen molar-refractivity contribution in [3.8, 4) is 0 Å². The minimum atomic E-state index is -0.441. The molecule has 228 valence electrons. The van der Waals surface area contributed by atoms with Gasteiger partial charge in [0.15, 0.2) is 12.4 Å². The summed E-state index contributed by atoms with van der Waals surface area (Å²) in [6.45, 7) is 3.26. The SMILES string of the molecule is O=C(CCC=CCC[C@@H]1[C@@H](N2CCOCC2)[C@H](O)C[C@@H]1OCc1ccc2ccccc2c1)OCC(=O)c1ccc(Br)cc1. The van der Waals surface area contributed by atoms with E-state index in [9.17, 15) is 14.7 Å². The number of fused-ring (bicyclic) bond motifs is 1. The average molecular weight is 651 g/mol. The number of carbonyl (C=O) groups is 2. The Bertz CT molecular complexity index is 1390. The van der Waals surface area contributed by atoms with Crippen molar-refractivity contribution in [3.63, 3.8) is 0 Å². The van der Waals surface area contributed by atoms with Crippen LogP contribution in [0, 0.1) is 5.92 Å². The van der Waals surface area contributed by atoms with Crippen molar-refractivity contribution < 1.29 is 28.9 Å². The number of hydrogen-bond donors (Lipinski definition) is 1. The third-order valence-electron chi connectivity index (χ3n) is 8.41. The van der Waals surface area contributed by atoms with E-state index in [1.165, 1.54) is 10.8 Å². The molecule has 7 nitrogen and oxygen atoms in total. The van der Waals surface area contributed by atoms with E-state index >= 15 is 0 Å². The molecule has 43 heavy (non-hydrogen) atoms. The van der Waals surface area contributed by atoms with E-state index in [0.717, 1.165) is 36.0 Å².